The fourth-order valence-corrected chi connectivity index (χ4v) is 3.75. The summed E-state index contributed by atoms with van der Waals surface area (Å²) in [6.07, 6.45) is 0. The third-order valence-electron chi connectivity index (χ3n) is 5.34. The average molecular weight is 428 g/mol. The molecule has 0 aromatic heterocycles. The molecule has 0 aliphatic carbocycles. The van der Waals surface area contributed by atoms with Gasteiger partial charge in [0, 0.05) is 11.3 Å². The van der Waals surface area contributed by atoms with E-state index in [0.29, 0.717) is 16.8 Å². The van der Waals surface area contributed by atoms with Gasteiger partial charge in [0.2, 0.25) is 0 Å². The van der Waals surface area contributed by atoms with Crippen LogP contribution in [-0.2, 0) is 9.59 Å². The fraction of sp³-hybridized carbons (Fsp3) is 0.0800. The number of aryl methyl sites for hydroxylation is 1. The molecule has 3 aromatic rings. The second-order valence-electron chi connectivity index (χ2n) is 7.39. The zero-order valence-corrected chi connectivity index (χ0v) is 16.9. The quantitative estimate of drug-likeness (QED) is 0.367. The minimum Gasteiger partial charge on any atom is -0.508 e. The van der Waals surface area contributed by atoms with Crippen molar-refractivity contribution in [3.63, 3.8) is 0 Å². The van der Waals surface area contributed by atoms with Gasteiger partial charge in [-0.3, -0.25) is 14.5 Å². The molecule has 1 aliphatic rings. The van der Waals surface area contributed by atoms with Gasteiger partial charge in [-0.05, 0) is 72.6 Å². The third-order valence-corrected chi connectivity index (χ3v) is 5.34. The smallest absolute Gasteiger partial charge is 0.300 e. The first-order valence-corrected chi connectivity index (χ1v) is 9.68. The number of carbonyl (C=O) groups is 2. The van der Waals surface area contributed by atoms with Gasteiger partial charge in [-0.2, -0.15) is 5.26 Å². The van der Waals surface area contributed by atoms with Crippen LogP contribution in [0.3, 0.4) is 0 Å². The van der Waals surface area contributed by atoms with E-state index in [0.717, 1.165) is 0 Å². The summed E-state index contributed by atoms with van der Waals surface area (Å²) in [5, 5.41) is 30.1. The van der Waals surface area contributed by atoms with Crippen LogP contribution in [0.25, 0.3) is 5.76 Å². The Kier molecular flexibility index (Phi) is 5.21. The Hall–Kier alpha value is -4.44. The number of halogens is 1. The lowest BCUT2D eigenvalue weighted by atomic mass is 9.94. The molecule has 1 unspecified atom stereocenters. The van der Waals surface area contributed by atoms with E-state index in [4.69, 9.17) is 5.26 Å². The zero-order chi connectivity index (χ0) is 23.0. The fourth-order valence-electron chi connectivity index (χ4n) is 3.75. The van der Waals surface area contributed by atoms with E-state index in [1.165, 1.54) is 66.4 Å². The van der Waals surface area contributed by atoms with Crippen LogP contribution in [0.2, 0.25) is 0 Å². The SMILES string of the molecule is Cc1cc(/C(O)=C2/C(=O)C(=O)N(c3ccc(C#N)cc3)C2c2cccc(O)c2)ccc1F. The molecule has 3 aromatic carbocycles. The highest BCUT2D eigenvalue weighted by atomic mass is 19.1. The number of hydrogen-bond donors (Lipinski definition) is 2. The van der Waals surface area contributed by atoms with Crippen molar-refractivity contribution in [1.29, 1.82) is 5.26 Å². The number of hydrogen-bond acceptors (Lipinski definition) is 5. The number of Topliss-reactive ketones (excluding diaryl/α,β-unsaturated/α-hetero) is 1. The topological polar surface area (TPSA) is 102 Å². The molecule has 1 amide bonds. The van der Waals surface area contributed by atoms with Gasteiger partial charge in [-0.25, -0.2) is 4.39 Å². The molecule has 1 fully saturated rings. The van der Waals surface area contributed by atoms with Gasteiger partial charge in [0.15, 0.2) is 0 Å². The summed E-state index contributed by atoms with van der Waals surface area (Å²) in [6.45, 7) is 1.52. The summed E-state index contributed by atoms with van der Waals surface area (Å²) in [6, 6.07) is 16.9. The van der Waals surface area contributed by atoms with Crippen LogP contribution in [0, 0.1) is 24.1 Å². The molecule has 7 heteroatoms. The van der Waals surface area contributed by atoms with Crippen molar-refractivity contribution in [2.45, 2.75) is 13.0 Å². The Bertz CT molecular complexity index is 1320. The molecule has 0 radical (unpaired) electrons. The van der Waals surface area contributed by atoms with Crippen molar-refractivity contribution in [2.75, 3.05) is 4.90 Å². The molecule has 0 spiro atoms. The maximum atomic E-state index is 13.7. The predicted octanol–water partition coefficient (Wildman–Crippen LogP) is 4.34. The minimum absolute atomic E-state index is 0.0782. The minimum atomic E-state index is -1.04. The Morgan fingerprint density at radius 3 is 2.41 bits per heavy atom. The van der Waals surface area contributed by atoms with E-state index in [9.17, 15) is 24.2 Å². The van der Waals surface area contributed by atoms with E-state index in [-0.39, 0.29) is 22.4 Å². The summed E-state index contributed by atoms with van der Waals surface area (Å²) in [4.78, 5) is 27.3. The number of aliphatic hydroxyl groups excluding tert-OH is 1. The number of carbonyl (C=O) groups excluding carboxylic acids is 2. The first kappa shape index (κ1) is 20.8. The third kappa shape index (κ3) is 3.48. The van der Waals surface area contributed by atoms with Gasteiger partial charge >= 0.3 is 0 Å². The maximum Gasteiger partial charge on any atom is 0.300 e. The van der Waals surface area contributed by atoms with Gasteiger partial charge in [-0.15, -0.1) is 0 Å². The molecule has 2 N–H and O–H groups in total. The lowest BCUT2D eigenvalue weighted by molar-refractivity contribution is -0.132. The van der Waals surface area contributed by atoms with E-state index in [1.807, 2.05) is 6.07 Å². The number of aromatic hydroxyl groups is 1. The second-order valence-corrected chi connectivity index (χ2v) is 7.39. The van der Waals surface area contributed by atoms with Gasteiger partial charge in [-0.1, -0.05) is 12.1 Å². The van der Waals surface area contributed by atoms with Crippen LogP contribution in [0.1, 0.15) is 28.3 Å². The number of aliphatic hydroxyl groups is 1. The van der Waals surface area contributed by atoms with Crippen molar-refractivity contribution < 1.29 is 24.2 Å². The summed E-state index contributed by atoms with van der Waals surface area (Å²) in [7, 11) is 0. The predicted molar refractivity (Wildman–Crippen MR) is 115 cm³/mol. The summed E-state index contributed by atoms with van der Waals surface area (Å²) < 4.78 is 13.7. The van der Waals surface area contributed by atoms with Crippen molar-refractivity contribution >= 4 is 23.1 Å². The first-order chi connectivity index (χ1) is 15.3. The molecule has 0 saturated carbocycles. The largest absolute Gasteiger partial charge is 0.508 e. The Labute approximate surface area is 183 Å². The molecule has 6 nitrogen and oxygen atoms in total. The standard InChI is InChI=1S/C25H17FN2O4/c1-14-11-17(7-10-20(14)26)23(30)21-22(16-3-2-4-19(29)12-16)28(25(32)24(21)31)18-8-5-15(13-27)6-9-18/h2-12,22,29-30H,1H3/b23-21-. The van der Waals surface area contributed by atoms with Crippen LogP contribution in [-0.4, -0.2) is 21.9 Å². The average Bonchev–Trinajstić information content (AvgIpc) is 3.06. The van der Waals surface area contributed by atoms with Crippen molar-refractivity contribution in [2.24, 2.45) is 0 Å². The van der Waals surface area contributed by atoms with E-state index >= 15 is 0 Å². The highest BCUT2D eigenvalue weighted by Gasteiger charge is 2.47. The number of rotatable bonds is 3. The molecule has 1 saturated heterocycles. The van der Waals surface area contributed by atoms with Crippen LogP contribution in [0.5, 0.6) is 5.75 Å². The van der Waals surface area contributed by atoms with Gasteiger partial charge in [0.1, 0.15) is 17.3 Å². The molecule has 0 bridgehead atoms. The molecule has 1 aliphatic heterocycles. The van der Waals surface area contributed by atoms with Crippen LogP contribution >= 0.6 is 0 Å². The number of nitrogens with zero attached hydrogens (tertiary/aromatic N) is 2. The number of ketones is 1. The molecule has 1 heterocycles. The van der Waals surface area contributed by atoms with Crippen LogP contribution in [0.4, 0.5) is 10.1 Å². The summed E-state index contributed by atoms with van der Waals surface area (Å²) in [5.74, 6) is -2.78. The lowest BCUT2D eigenvalue weighted by Crippen LogP contribution is -2.29. The Morgan fingerprint density at radius 2 is 1.78 bits per heavy atom. The summed E-state index contributed by atoms with van der Waals surface area (Å²) in [5.41, 5.74) is 1.39. The molecular weight excluding hydrogens is 411 g/mol. The highest BCUT2D eigenvalue weighted by molar-refractivity contribution is 6.51. The number of phenols is 1. The molecule has 1 atom stereocenters. The monoisotopic (exact) mass is 428 g/mol. The van der Waals surface area contributed by atoms with E-state index < -0.39 is 29.3 Å². The Morgan fingerprint density at radius 1 is 1.06 bits per heavy atom. The van der Waals surface area contributed by atoms with Gasteiger partial charge in [0.05, 0.1) is 23.2 Å². The molecule has 158 valence electrons. The van der Waals surface area contributed by atoms with Crippen molar-refractivity contribution in [3.05, 3.63) is 100 Å². The lowest BCUT2D eigenvalue weighted by Gasteiger charge is -2.25. The number of anilines is 1. The molecular formula is C25H17FN2O4. The highest BCUT2D eigenvalue weighted by Crippen LogP contribution is 2.42. The number of amides is 1. The van der Waals surface area contributed by atoms with E-state index in [2.05, 4.69) is 0 Å². The number of benzene rings is 3. The summed E-state index contributed by atoms with van der Waals surface area (Å²) >= 11 is 0. The number of nitriles is 1. The molecule has 32 heavy (non-hydrogen) atoms. The van der Waals surface area contributed by atoms with Crippen LogP contribution in [0.15, 0.2) is 72.3 Å². The zero-order valence-electron chi connectivity index (χ0n) is 16.9. The second kappa shape index (κ2) is 8.00. The number of phenolic OH excluding ortho intramolecular Hbond substituents is 1. The van der Waals surface area contributed by atoms with Crippen molar-refractivity contribution in [1.82, 2.24) is 0 Å². The van der Waals surface area contributed by atoms with Gasteiger partial charge < -0.3 is 10.2 Å². The van der Waals surface area contributed by atoms with E-state index in [1.54, 1.807) is 12.1 Å². The Balaban J connectivity index is 1.95. The maximum absolute atomic E-state index is 13.7. The van der Waals surface area contributed by atoms with Gasteiger partial charge in [0.25, 0.3) is 11.7 Å². The molecule has 4 rings (SSSR count). The van der Waals surface area contributed by atoms with Crippen molar-refractivity contribution in [3.8, 4) is 11.8 Å². The first-order valence-electron chi connectivity index (χ1n) is 9.68. The normalized spacial score (nSPS) is 17.4. The van der Waals surface area contributed by atoms with Crippen LogP contribution < -0.4 is 4.90 Å².